The number of ether oxygens (including phenoxy) is 1. The van der Waals surface area contributed by atoms with Crippen molar-refractivity contribution in [2.24, 2.45) is 0 Å². The van der Waals surface area contributed by atoms with Gasteiger partial charge in [0.15, 0.2) is 0 Å². The molecule has 1 N–H and O–H groups in total. The Balaban J connectivity index is 1.55. The SMILES string of the molecule is CCOC(=O)c1c(NC(=O)CCCc2nc(-c3cccnc3)no2)sc(C)c1C. The summed E-state index contributed by atoms with van der Waals surface area (Å²) in [4.78, 5) is 33.9. The maximum absolute atomic E-state index is 12.4. The summed E-state index contributed by atoms with van der Waals surface area (Å²) in [5.74, 6) is 0.343. The van der Waals surface area contributed by atoms with E-state index in [4.69, 9.17) is 9.26 Å². The number of carbonyl (C=O) groups excluding carboxylic acids is 2. The summed E-state index contributed by atoms with van der Waals surface area (Å²) in [6, 6.07) is 3.65. The van der Waals surface area contributed by atoms with Gasteiger partial charge < -0.3 is 14.6 Å². The van der Waals surface area contributed by atoms with Crippen LogP contribution in [0.2, 0.25) is 0 Å². The third kappa shape index (κ3) is 5.05. The second-order valence-corrected chi connectivity index (χ2v) is 7.59. The average molecular weight is 414 g/mol. The van der Waals surface area contributed by atoms with E-state index in [1.54, 1.807) is 25.4 Å². The van der Waals surface area contributed by atoms with Crippen LogP contribution in [-0.2, 0) is 16.0 Å². The van der Waals surface area contributed by atoms with Gasteiger partial charge in [-0.3, -0.25) is 9.78 Å². The number of rotatable bonds is 8. The van der Waals surface area contributed by atoms with Gasteiger partial charge in [0.2, 0.25) is 17.6 Å². The van der Waals surface area contributed by atoms with Crippen LogP contribution >= 0.6 is 11.3 Å². The zero-order valence-corrected chi connectivity index (χ0v) is 17.3. The van der Waals surface area contributed by atoms with Gasteiger partial charge in [0.1, 0.15) is 5.00 Å². The van der Waals surface area contributed by atoms with Crippen LogP contribution in [0.3, 0.4) is 0 Å². The molecule has 3 heterocycles. The maximum Gasteiger partial charge on any atom is 0.341 e. The monoisotopic (exact) mass is 414 g/mol. The number of hydrogen-bond acceptors (Lipinski definition) is 8. The molecule has 0 fully saturated rings. The van der Waals surface area contributed by atoms with Gasteiger partial charge in [-0.1, -0.05) is 5.16 Å². The minimum atomic E-state index is -0.418. The second-order valence-electron chi connectivity index (χ2n) is 6.36. The zero-order chi connectivity index (χ0) is 20.8. The topological polar surface area (TPSA) is 107 Å². The van der Waals surface area contributed by atoms with Crippen molar-refractivity contribution in [1.29, 1.82) is 0 Å². The molecule has 1 amide bonds. The lowest BCUT2D eigenvalue weighted by molar-refractivity contribution is -0.116. The first kappa shape index (κ1) is 20.7. The Kier molecular flexibility index (Phi) is 6.71. The van der Waals surface area contributed by atoms with Gasteiger partial charge in [0, 0.05) is 35.7 Å². The standard InChI is InChI=1S/C20H22N4O4S/c1-4-27-20(26)17-12(2)13(3)29-19(17)22-15(25)8-5-9-16-23-18(24-28-16)14-7-6-10-21-11-14/h6-7,10-11H,4-5,8-9H2,1-3H3,(H,22,25). The van der Waals surface area contributed by atoms with Gasteiger partial charge in [0.05, 0.1) is 12.2 Å². The lowest BCUT2D eigenvalue weighted by Crippen LogP contribution is -2.14. The van der Waals surface area contributed by atoms with E-state index in [9.17, 15) is 9.59 Å². The molecular formula is C20H22N4O4S. The van der Waals surface area contributed by atoms with Crippen molar-refractivity contribution in [3.05, 3.63) is 46.4 Å². The van der Waals surface area contributed by atoms with Crippen molar-refractivity contribution in [3.8, 4) is 11.4 Å². The fourth-order valence-electron chi connectivity index (χ4n) is 2.72. The molecule has 9 heteroatoms. The third-order valence-corrected chi connectivity index (χ3v) is 5.42. The number of thiophene rings is 1. The number of nitrogens with zero attached hydrogens (tertiary/aromatic N) is 3. The molecule has 3 aromatic rings. The molecule has 0 aliphatic heterocycles. The Bertz CT molecular complexity index is 997. The first-order valence-corrected chi connectivity index (χ1v) is 10.1. The predicted molar refractivity (Wildman–Crippen MR) is 109 cm³/mol. The molecule has 0 spiro atoms. The number of nitrogens with one attached hydrogen (secondary N) is 1. The summed E-state index contributed by atoms with van der Waals surface area (Å²) in [7, 11) is 0. The van der Waals surface area contributed by atoms with Crippen LogP contribution < -0.4 is 5.32 Å². The number of aromatic nitrogens is 3. The van der Waals surface area contributed by atoms with Crippen molar-refractivity contribution in [3.63, 3.8) is 0 Å². The van der Waals surface area contributed by atoms with E-state index in [0.29, 0.717) is 35.1 Å². The third-order valence-electron chi connectivity index (χ3n) is 4.30. The average Bonchev–Trinajstić information content (AvgIpc) is 3.28. The minimum Gasteiger partial charge on any atom is -0.462 e. The zero-order valence-electron chi connectivity index (χ0n) is 16.5. The number of carbonyl (C=O) groups is 2. The summed E-state index contributed by atoms with van der Waals surface area (Å²) in [6.07, 6.45) is 4.62. The summed E-state index contributed by atoms with van der Waals surface area (Å²) in [6.45, 7) is 5.80. The lowest BCUT2D eigenvalue weighted by atomic mass is 10.1. The number of anilines is 1. The van der Waals surface area contributed by atoms with Gasteiger partial charge in [-0.2, -0.15) is 4.98 Å². The van der Waals surface area contributed by atoms with Gasteiger partial charge in [0.25, 0.3) is 0 Å². The first-order valence-electron chi connectivity index (χ1n) is 9.29. The molecule has 0 aliphatic carbocycles. The highest BCUT2D eigenvalue weighted by atomic mass is 32.1. The Morgan fingerprint density at radius 3 is 2.86 bits per heavy atom. The highest BCUT2D eigenvalue weighted by Crippen LogP contribution is 2.33. The number of hydrogen-bond donors (Lipinski definition) is 1. The van der Waals surface area contributed by atoms with E-state index in [2.05, 4.69) is 20.4 Å². The minimum absolute atomic E-state index is 0.177. The van der Waals surface area contributed by atoms with Gasteiger partial charge in [-0.15, -0.1) is 11.3 Å². The fourth-order valence-corrected chi connectivity index (χ4v) is 3.79. The van der Waals surface area contributed by atoms with E-state index >= 15 is 0 Å². The van der Waals surface area contributed by atoms with E-state index in [1.807, 2.05) is 19.9 Å². The molecule has 0 bridgehead atoms. The smallest absolute Gasteiger partial charge is 0.341 e. The van der Waals surface area contributed by atoms with Crippen LogP contribution in [0.15, 0.2) is 29.0 Å². The maximum atomic E-state index is 12.4. The van der Waals surface area contributed by atoms with Crippen LogP contribution in [0.25, 0.3) is 11.4 Å². The summed E-state index contributed by atoms with van der Waals surface area (Å²) >= 11 is 1.37. The Morgan fingerprint density at radius 2 is 2.14 bits per heavy atom. The van der Waals surface area contributed by atoms with Gasteiger partial charge >= 0.3 is 5.97 Å². The highest BCUT2D eigenvalue weighted by Gasteiger charge is 2.22. The number of esters is 1. The van der Waals surface area contributed by atoms with E-state index < -0.39 is 5.97 Å². The fraction of sp³-hybridized carbons (Fsp3) is 0.350. The second kappa shape index (κ2) is 9.42. The number of pyridine rings is 1. The van der Waals surface area contributed by atoms with Crippen molar-refractivity contribution >= 4 is 28.2 Å². The van der Waals surface area contributed by atoms with E-state index in [-0.39, 0.29) is 18.9 Å². The van der Waals surface area contributed by atoms with Crippen LogP contribution in [-0.4, -0.2) is 33.6 Å². The molecule has 3 rings (SSSR count). The Morgan fingerprint density at radius 1 is 1.31 bits per heavy atom. The molecule has 0 aliphatic rings. The summed E-state index contributed by atoms with van der Waals surface area (Å²) < 4.78 is 10.3. The summed E-state index contributed by atoms with van der Waals surface area (Å²) in [5.41, 5.74) is 2.04. The molecule has 0 saturated carbocycles. The molecule has 0 atom stereocenters. The van der Waals surface area contributed by atoms with Crippen LogP contribution in [0.5, 0.6) is 0 Å². The largest absolute Gasteiger partial charge is 0.462 e. The molecular weight excluding hydrogens is 392 g/mol. The van der Waals surface area contributed by atoms with Crippen molar-refractivity contribution < 1.29 is 18.8 Å². The molecule has 29 heavy (non-hydrogen) atoms. The molecule has 0 aromatic carbocycles. The Hall–Kier alpha value is -3.07. The molecule has 0 unspecified atom stereocenters. The van der Waals surface area contributed by atoms with E-state index in [1.165, 1.54) is 11.3 Å². The van der Waals surface area contributed by atoms with Gasteiger partial charge in [-0.05, 0) is 44.9 Å². The van der Waals surface area contributed by atoms with Crippen molar-refractivity contribution in [2.75, 3.05) is 11.9 Å². The first-order chi connectivity index (χ1) is 14.0. The predicted octanol–water partition coefficient (Wildman–Crippen LogP) is 3.95. The number of aryl methyl sites for hydroxylation is 2. The van der Waals surface area contributed by atoms with Crippen LogP contribution in [0, 0.1) is 13.8 Å². The summed E-state index contributed by atoms with van der Waals surface area (Å²) in [5, 5.41) is 7.30. The van der Waals surface area contributed by atoms with Gasteiger partial charge in [-0.25, -0.2) is 4.79 Å². The molecule has 0 saturated heterocycles. The number of amides is 1. The van der Waals surface area contributed by atoms with E-state index in [0.717, 1.165) is 16.0 Å². The molecule has 3 aromatic heterocycles. The molecule has 8 nitrogen and oxygen atoms in total. The Labute approximate surface area is 172 Å². The van der Waals surface area contributed by atoms with Crippen LogP contribution in [0.1, 0.15) is 46.5 Å². The lowest BCUT2D eigenvalue weighted by Gasteiger charge is -2.07. The van der Waals surface area contributed by atoms with Crippen LogP contribution in [0.4, 0.5) is 5.00 Å². The molecule has 0 radical (unpaired) electrons. The van der Waals surface area contributed by atoms with Crippen molar-refractivity contribution in [2.45, 2.75) is 40.0 Å². The molecule has 152 valence electrons. The quantitative estimate of drug-likeness (QED) is 0.556. The van der Waals surface area contributed by atoms with Crippen molar-refractivity contribution in [1.82, 2.24) is 15.1 Å². The highest BCUT2D eigenvalue weighted by molar-refractivity contribution is 7.16. The normalized spacial score (nSPS) is 10.7.